The Morgan fingerprint density at radius 2 is 1.71 bits per heavy atom. The van der Waals surface area contributed by atoms with Gasteiger partial charge in [-0.05, 0) is 30.5 Å². The molecule has 96 valence electrons. The van der Waals surface area contributed by atoms with Crippen LogP contribution in [-0.4, -0.2) is 13.1 Å². The average Bonchev–Trinajstić information content (AvgIpc) is 2.39. The first-order valence-electron chi connectivity index (χ1n) is 6.85. The highest BCUT2D eigenvalue weighted by atomic mass is 15.1. The summed E-state index contributed by atoms with van der Waals surface area (Å²) >= 11 is 0. The SMILES string of the molecule is CCCCN(CCCC)c1cccc(CN)c1. The molecular formula is C15H26N2. The topological polar surface area (TPSA) is 29.3 Å². The molecule has 0 aliphatic carbocycles. The molecule has 17 heavy (non-hydrogen) atoms. The average molecular weight is 234 g/mol. The summed E-state index contributed by atoms with van der Waals surface area (Å²) in [5.41, 5.74) is 8.25. The summed E-state index contributed by atoms with van der Waals surface area (Å²) in [7, 11) is 0. The molecule has 0 bridgehead atoms. The maximum Gasteiger partial charge on any atom is 0.0369 e. The Hall–Kier alpha value is -1.02. The summed E-state index contributed by atoms with van der Waals surface area (Å²) in [6.45, 7) is 7.43. The molecule has 0 aliphatic rings. The minimum absolute atomic E-state index is 0.628. The molecule has 1 aromatic carbocycles. The predicted molar refractivity (Wildman–Crippen MR) is 76.4 cm³/mol. The van der Waals surface area contributed by atoms with E-state index in [2.05, 4.69) is 43.0 Å². The Kier molecular flexibility index (Phi) is 6.71. The Labute approximate surface area is 106 Å². The van der Waals surface area contributed by atoms with Crippen molar-refractivity contribution in [2.75, 3.05) is 18.0 Å². The fraction of sp³-hybridized carbons (Fsp3) is 0.600. The minimum atomic E-state index is 0.628. The first-order chi connectivity index (χ1) is 8.31. The predicted octanol–water partition coefficient (Wildman–Crippen LogP) is 3.55. The van der Waals surface area contributed by atoms with Gasteiger partial charge in [0.2, 0.25) is 0 Å². The molecule has 0 aromatic heterocycles. The van der Waals surface area contributed by atoms with Crippen LogP contribution in [-0.2, 0) is 6.54 Å². The van der Waals surface area contributed by atoms with Gasteiger partial charge in [-0.1, -0.05) is 38.8 Å². The van der Waals surface area contributed by atoms with Crippen LogP contribution in [0, 0.1) is 0 Å². The third-order valence-corrected chi connectivity index (χ3v) is 3.07. The second kappa shape index (κ2) is 8.13. The Morgan fingerprint density at radius 3 is 2.24 bits per heavy atom. The van der Waals surface area contributed by atoms with Gasteiger partial charge in [0.05, 0.1) is 0 Å². The Balaban J connectivity index is 2.71. The molecule has 0 unspecified atom stereocenters. The Bertz CT molecular complexity index is 302. The van der Waals surface area contributed by atoms with Gasteiger partial charge in [0.1, 0.15) is 0 Å². The molecule has 1 aromatic rings. The van der Waals surface area contributed by atoms with E-state index in [0.29, 0.717) is 6.54 Å². The molecular weight excluding hydrogens is 208 g/mol. The molecule has 0 radical (unpaired) electrons. The van der Waals surface area contributed by atoms with Gasteiger partial charge < -0.3 is 10.6 Å². The second-order valence-electron chi connectivity index (χ2n) is 4.57. The Morgan fingerprint density at radius 1 is 1.06 bits per heavy atom. The van der Waals surface area contributed by atoms with Crippen LogP contribution in [0.25, 0.3) is 0 Å². The summed E-state index contributed by atoms with van der Waals surface area (Å²) in [4.78, 5) is 2.49. The van der Waals surface area contributed by atoms with Crippen molar-refractivity contribution >= 4 is 5.69 Å². The lowest BCUT2D eigenvalue weighted by Crippen LogP contribution is -2.25. The van der Waals surface area contributed by atoms with Crippen molar-refractivity contribution in [3.05, 3.63) is 29.8 Å². The van der Waals surface area contributed by atoms with E-state index in [1.165, 1.54) is 36.9 Å². The fourth-order valence-electron chi connectivity index (χ4n) is 1.95. The van der Waals surface area contributed by atoms with Gasteiger partial charge in [0.15, 0.2) is 0 Å². The van der Waals surface area contributed by atoms with Crippen LogP contribution in [0.1, 0.15) is 45.1 Å². The largest absolute Gasteiger partial charge is 0.372 e. The lowest BCUT2D eigenvalue weighted by molar-refractivity contribution is 0.677. The zero-order chi connectivity index (χ0) is 12.5. The van der Waals surface area contributed by atoms with Crippen molar-refractivity contribution in [2.24, 2.45) is 5.73 Å². The third-order valence-electron chi connectivity index (χ3n) is 3.07. The van der Waals surface area contributed by atoms with Gasteiger partial charge in [-0.15, -0.1) is 0 Å². The number of hydrogen-bond acceptors (Lipinski definition) is 2. The van der Waals surface area contributed by atoms with Crippen LogP contribution >= 0.6 is 0 Å². The van der Waals surface area contributed by atoms with E-state index in [4.69, 9.17) is 5.73 Å². The van der Waals surface area contributed by atoms with E-state index >= 15 is 0 Å². The number of nitrogens with zero attached hydrogens (tertiary/aromatic N) is 1. The lowest BCUT2D eigenvalue weighted by atomic mass is 10.1. The summed E-state index contributed by atoms with van der Waals surface area (Å²) in [6, 6.07) is 8.64. The minimum Gasteiger partial charge on any atom is -0.372 e. The highest BCUT2D eigenvalue weighted by molar-refractivity contribution is 5.48. The van der Waals surface area contributed by atoms with Crippen LogP contribution in [0.2, 0.25) is 0 Å². The summed E-state index contributed by atoms with van der Waals surface area (Å²) in [5.74, 6) is 0. The van der Waals surface area contributed by atoms with Crippen LogP contribution in [0.15, 0.2) is 24.3 Å². The fourth-order valence-corrected chi connectivity index (χ4v) is 1.95. The summed E-state index contributed by atoms with van der Waals surface area (Å²) in [5, 5.41) is 0. The van der Waals surface area contributed by atoms with Crippen molar-refractivity contribution in [1.82, 2.24) is 0 Å². The lowest BCUT2D eigenvalue weighted by Gasteiger charge is -2.25. The molecule has 0 aliphatic heterocycles. The highest BCUT2D eigenvalue weighted by Crippen LogP contribution is 2.17. The van der Waals surface area contributed by atoms with Crippen molar-refractivity contribution in [1.29, 1.82) is 0 Å². The molecule has 0 spiro atoms. The quantitative estimate of drug-likeness (QED) is 0.745. The van der Waals surface area contributed by atoms with Gasteiger partial charge in [-0.25, -0.2) is 0 Å². The highest BCUT2D eigenvalue weighted by Gasteiger charge is 2.05. The molecule has 1 rings (SSSR count). The van der Waals surface area contributed by atoms with E-state index in [9.17, 15) is 0 Å². The number of anilines is 1. The maximum absolute atomic E-state index is 5.70. The van der Waals surface area contributed by atoms with E-state index < -0.39 is 0 Å². The molecule has 2 nitrogen and oxygen atoms in total. The third kappa shape index (κ3) is 4.78. The smallest absolute Gasteiger partial charge is 0.0369 e. The van der Waals surface area contributed by atoms with Crippen LogP contribution < -0.4 is 10.6 Å². The molecule has 2 N–H and O–H groups in total. The number of benzene rings is 1. The number of hydrogen-bond donors (Lipinski definition) is 1. The summed E-state index contributed by atoms with van der Waals surface area (Å²) in [6.07, 6.45) is 5.02. The number of nitrogens with two attached hydrogens (primary N) is 1. The first kappa shape index (κ1) is 14.0. The van der Waals surface area contributed by atoms with Crippen LogP contribution in [0.5, 0.6) is 0 Å². The number of rotatable bonds is 8. The molecule has 0 fully saturated rings. The standard InChI is InChI=1S/C15H26N2/c1-3-5-10-17(11-6-4-2)15-9-7-8-14(12-15)13-16/h7-9,12H,3-6,10-11,13,16H2,1-2H3. The van der Waals surface area contributed by atoms with Crippen molar-refractivity contribution in [3.63, 3.8) is 0 Å². The molecule has 0 amide bonds. The monoisotopic (exact) mass is 234 g/mol. The van der Waals surface area contributed by atoms with E-state index in [1.54, 1.807) is 0 Å². The molecule has 0 saturated heterocycles. The van der Waals surface area contributed by atoms with E-state index in [-0.39, 0.29) is 0 Å². The molecule has 2 heteroatoms. The van der Waals surface area contributed by atoms with Crippen LogP contribution in [0.3, 0.4) is 0 Å². The van der Waals surface area contributed by atoms with E-state index in [1.807, 2.05) is 0 Å². The van der Waals surface area contributed by atoms with Crippen molar-refractivity contribution in [3.8, 4) is 0 Å². The van der Waals surface area contributed by atoms with E-state index in [0.717, 1.165) is 13.1 Å². The number of unbranched alkanes of at least 4 members (excludes halogenated alkanes) is 2. The maximum atomic E-state index is 5.70. The van der Waals surface area contributed by atoms with Crippen molar-refractivity contribution in [2.45, 2.75) is 46.1 Å². The summed E-state index contributed by atoms with van der Waals surface area (Å²) < 4.78 is 0. The van der Waals surface area contributed by atoms with Gasteiger partial charge in [0.25, 0.3) is 0 Å². The van der Waals surface area contributed by atoms with Gasteiger partial charge in [-0.2, -0.15) is 0 Å². The van der Waals surface area contributed by atoms with Gasteiger partial charge >= 0.3 is 0 Å². The zero-order valence-electron chi connectivity index (χ0n) is 11.3. The van der Waals surface area contributed by atoms with Gasteiger partial charge in [-0.3, -0.25) is 0 Å². The van der Waals surface area contributed by atoms with Gasteiger partial charge in [0, 0.05) is 25.3 Å². The molecule has 0 heterocycles. The zero-order valence-corrected chi connectivity index (χ0v) is 11.3. The van der Waals surface area contributed by atoms with Crippen LogP contribution in [0.4, 0.5) is 5.69 Å². The second-order valence-corrected chi connectivity index (χ2v) is 4.57. The molecule has 0 saturated carbocycles. The normalized spacial score (nSPS) is 10.5. The van der Waals surface area contributed by atoms with Crippen molar-refractivity contribution < 1.29 is 0 Å². The molecule has 0 atom stereocenters. The first-order valence-corrected chi connectivity index (χ1v) is 6.85.